The van der Waals surface area contributed by atoms with E-state index >= 15 is 0 Å². The molecule has 0 bridgehead atoms. The van der Waals surface area contributed by atoms with Crippen LogP contribution in [-0.2, 0) is 0 Å². The highest BCUT2D eigenvalue weighted by Crippen LogP contribution is 2.29. The summed E-state index contributed by atoms with van der Waals surface area (Å²) in [5.41, 5.74) is 1.74. The topological polar surface area (TPSA) is 56.9 Å². The van der Waals surface area contributed by atoms with Crippen molar-refractivity contribution in [2.75, 3.05) is 0 Å². The SMILES string of the molecule is C[C@@H](O)c1ccncc1-c1ccc(C#N)cc1F. The lowest BCUT2D eigenvalue weighted by Crippen LogP contribution is -1.97. The van der Waals surface area contributed by atoms with Crippen molar-refractivity contribution in [2.45, 2.75) is 13.0 Å². The summed E-state index contributed by atoms with van der Waals surface area (Å²) in [6.07, 6.45) is 2.35. The van der Waals surface area contributed by atoms with E-state index in [1.807, 2.05) is 6.07 Å². The molecule has 0 fully saturated rings. The normalized spacial score (nSPS) is 11.9. The Hall–Kier alpha value is -2.25. The van der Waals surface area contributed by atoms with Crippen LogP contribution >= 0.6 is 0 Å². The molecule has 0 aliphatic carbocycles. The highest BCUT2D eigenvalue weighted by molar-refractivity contribution is 5.68. The van der Waals surface area contributed by atoms with Crippen LogP contribution in [0, 0.1) is 17.1 Å². The predicted molar refractivity (Wildman–Crippen MR) is 65.0 cm³/mol. The smallest absolute Gasteiger partial charge is 0.132 e. The summed E-state index contributed by atoms with van der Waals surface area (Å²) in [7, 11) is 0. The zero-order chi connectivity index (χ0) is 13.1. The minimum Gasteiger partial charge on any atom is -0.389 e. The largest absolute Gasteiger partial charge is 0.389 e. The number of benzene rings is 1. The van der Waals surface area contributed by atoms with Crippen LogP contribution in [0.5, 0.6) is 0 Å². The molecule has 2 rings (SSSR count). The van der Waals surface area contributed by atoms with Crippen molar-refractivity contribution < 1.29 is 9.50 Å². The van der Waals surface area contributed by atoms with Crippen LogP contribution in [-0.4, -0.2) is 10.1 Å². The van der Waals surface area contributed by atoms with Crippen LogP contribution < -0.4 is 0 Å². The lowest BCUT2D eigenvalue weighted by atomic mass is 9.98. The Morgan fingerprint density at radius 3 is 2.72 bits per heavy atom. The highest BCUT2D eigenvalue weighted by atomic mass is 19.1. The standard InChI is InChI=1S/C14H11FN2O/c1-9(18)11-4-5-17-8-13(11)12-3-2-10(7-16)6-14(12)15/h2-6,8-9,18H,1H3/t9-/m1/s1. The van der Waals surface area contributed by atoms with Crippen molar-refractivity contribution in [3.8, 4) is 17.2 Å². The summed E-state index contributed by atoms with van der Waals surface area (Å²) in [6.45, 7) is 1.61. The van der Waals surface area contributed by atoms with Crippen LogP contribution in [0.4, 0.5) is 4.39 Å². The lowest BCUT2D eigenvalue weighted by molar-refractivity contribution is 0.200. The fourth-order valence-electron chi connectivity index (χ4n) is 1.80. The molecule has 0 amide bonds. The van der Waals surface area contributed by atoms with Gasteiger partial charge in [0.2, 0.25) is 0 Å². The van der Waals surface area contributed by atoms with Crippen LogP contribution in [0.25, 0.3) is 11.1 Å². The molecule has 0 aliphatic heterocycles. The molecule has 1 N–H and O–H groups in total. The Morgan fingerprint density at radius 1 is 1.33 bits per heavy atom. The number of hydrogen-bond acceptors (Lipinski definition) is 3. The van der Waals surface area contributed by atoms with E-state index in [-0.39, 0.29) is 5.56 Å². The van der Waals surface area contributed by atoms with Gasteiger partial charge < -0.3 is 5.11 Å². The second-order valence-corrected chi connectivity index (χ2v) is 3.95. The number of nitrogens with zero attached hydrogens (tertiary/aromatic N) is 2. The van der Waals surface area contributed by atoms with Crippen molar-refractivity contribution in [1.82, 2.24) is 4.98 Å². The van der Waals surface area contributed by atoms with Gasteiger partial charge in [-0.05, 0) is 30.7 Å². The van der Waals surface area contributed by atoms with Crippen molar-refractivity contribution >= 4 is 0 Å². The molecule has 4 heteroatoms. The van der Waals surface area contributed by atoms with Crippen LogP contribution in [0.15, 0.2) is 36.7 Å². The first-order valence-corrected chi connectivity index (χ1v) is 5.45. The molecule has 3 nitrogen and oxygen atoms in total. The predicted octanol–water partition coefficient (Wildman–Crippen LogP) is 2.81. The molecule has 0 saturated carbocycles. The molecular formula is C14H11FN2O. The number of rotatable bonds is 2. The van der Waals surface area contributed by atoms with E-state index in [1.165, 1.54) is 24.4 Å². The second-order valence-electron chi connectivity index (χ2n) is 3.95. The Bertz CT molecular complexity index is 617. The first kappa shape index (κ1) is 12.2. The Balaban J connectivity index is 2.60. The van der Waals surface area contributed by atoms with Crippen molar-refractivity contribution in [3.05, 3.63) is 53.6 Å². The molecule has 0 spiro atoms. The van der Waals surface area contributed by atoms with Gasteiger partial charge in [0.15, 0.2) is 0 Å². The monoisotopic (exact) mass is 242 g/mol. The molecule has 90 valence electrons. The summed E-state index contributed by atoms with van der Waals surface area (Å²) in [5, 5.41) is 18.4. The molecular weight excluding hydrogens is 231 g/mol. The van der Waals surface area contributed by atoms with Gasteiger partial charge in [-0.1, -0.05) is 6.07 Å². The average Bonchev–Trinajstić information content (AvgIpc) is 2.38. The molecule has 1 aromatic carbocycles. The fourth-order valence-corrected chi connectivity index (χ4v) is 1.80. The van der Waals surface area contributed by atoms with Crippen LogP contribution in [0.3, 0.4) is 0 Å². The minimum absolute atomic E-state index is 0.263. The highest BCUT2D eigenvalue weighted by Gasteiger charge is 2.13. The molecule has 0 aliphatic rings. The fraction of sp³-hybridized carbons (Fsp3) is 0.143. The number of pyridine rings is 1. The van der Waals surface area contributed by atoms with Gasteiger partial charge in [-0.25, -0.2) is 4.39 Å². The van der Waals surface area contributed by atoms with E-state index < -0.39 is 11.9 Å². The van der Waals surface area contributed by atoms with Gasteiger partial charge in [0.1, 0.15) is 5.82 Å². The molecule has 0 radical (unpaired) electrons. The molecule has 1 atom stereocenters. The third kappa shape index (κ3) is 2.22. The molecule has 0 saturated heterocycles. The number of nitriles is 1. The van der Waals surface area contributed by atoms with Gasteiger partial charge in [0.25, 0.3) is 0 Å². The van der Waals surface area contributed by atoms with Gasteiger partial charge in [-0.2, -0.15) is 5.26 Å². The van der Waals surface area contributed by atoms with E-state index in [0.29, 0.717) is 16.7 Å². The molecule has 1 heterocycles. The zero-order valence-corrected chi connectivity index (χ0v) is 9.76. The van der Waals surface area contributed by atoms with Crippen molar-refractivity contribution in [3.63, 3.8) is 0 Å². The number of aromatic nitrogens is 1. The summed E-state index contributed by atoms with van der Waals surface area (Å²) in [4.78, 5) is 3.95. The first-order valence-electron chi connectivity index (χ1n) is 5.45. The summed E-state index contributed by atoms with van der Waals surface area (Å²) >= 11 is 0. The van der Waals surface area contributed by atoms with Gasteiger partial charge >= 0.3 is 0 Å². The van der Waals surface area contributed by atoms with E-state index in [1.54, 1.807) is 19.2 Å². The molecule has 2 aromatic rings. The molecule has 1 aromatic heterocycles. The Labute approximate surface area is 104 Å². The number of hydrogen-bond donors (Lipinski definition) is 1. The summed E-state index contributed by atoms with van der Waals surface area (Å²) < 4.78 is 13.9. The summed E-state index contributed by atoms with van der Waals surface area (Å²) in [6, 6.07) is 7.77. The number of aliphatic hydroxyl groups is 1. The quantitative estimate of drug-likeness (QED) is 0.880. The second kappa shape index (κ2) is 4.94. The van der Waals surface area contributed by atoms with Crippen LogP contribution in [0.2, 0.25) is 0 Å². The zero-order valence-electron chi connectivity index (χ0n) is 9.76. The van der Waals surface area contributed by atoms with E-state index in [0.717, 1.165) is 0 Å². The minimum atomic E-state index is -0.710. The maximum atomic E-state index is 13.9. The first-order chi connectivity index (χ1) is 8.63. The van der Waals surface area contributed by atoms with Gasteiger partial charge in [0.05, 0.1) is 17.7 Å². The maximum absolute atomic E-state index is 13.9. The molecule has 0 unspecified atom stereocenters. The lowest BCUT2D eigenvalue weighted by Gasteiger charge is -2.12. The Morgan fingerprint density at radius 2 is 2.11 bits per heavy atom. The Kier molecular flexibility index (Phi) is 3.35. The van der Waals surface area contributed by atoms with E-state index in [2.05, 4.69) is 4.98 Å². The van der Waals surface area contributed by atoms with Crippen molar-refractivity contribution in [1.29, 1.82) is 5.26 Å². The molecule has 18 heavy (non-hydrogen) atoms. The third-order valence-electron chi connectivity index (χ3n) is 2.69. The number of aliphatic hydroxyl groups excluding tert-OH is 1. The van der Waals surface area contributed by atoms with Crippen molar-refractivity contribution in [2.24, 2.45) is 0 Å². The van der Waals surface area contributed by atoms with Gasteiger partial charge in [-0.3, -0.25) is 4.98 Å². The van der Waals surface area contributed by atoms with Gasteiger partial charge in [0, 0.05) is 23.5 Å². The maximum Gasteiger partial charge on any atom is 0.132 e. The van der Waals surface area contributed by atoms with Gasteiger partial charge in [-0.15, -0.1) is 0 Å². The van der Waals surface area contributed by atoms with E-state index in [4.69, 9.17) is 5.26 Å². The summed E-state index contributed by atoms with van der Waals surface area (Å²) in [5.74, 6) is -0.496. The average molecular weight is 242 g/mol. The third-order valence-corrected chi connectivity index (χ3v) is 2.69. The van der Waals surface area contributed by atoms with Crippen LogP contribution in [0.1, 0.15) is 24.2 Å². The van der Waals surface area contributed by atoms with E-state index in [9.17, 15) is 9.50 Å². The number of halogens is 1.